The first-order valence-corrected chi connectivity index (χ1v) is 24.0. The van der Waals surface area contributed by atoms with E-state index in [0.717, 1.165) is 38.5 Å². The van der Waals surface area contributed by atoms with Crippen molar-refractivity contribution in [2.24, 2.45) is 7.05 Å². The highest BCUT2D eigenvalue weighted by molar-refractivity contribution is 7.26. The number of imidazole rings is 1. The fourth-order valence-corrected chi connectivity index (χ4v) is 12.4. The summed E-state index contributed by atoms with van der Waals surface area (Å²) in [6.45, 7) is 23.8. The van der Waals surface area contributed by atoms with Gasteiger partial charge in [0.2, 0.25) is 5.69 Å². The first kappa shape index (κ1) is 42.2. The molecule has 0 saturated heterocycles. The molecule has 1 aliphatic rings. The number of pyridine rings is 1. The third-order valence-electron chi connectivity index (χ3n) is 14.7. The number of thiophene rings is 1. The van der Waals surface area contributed by atoms with Crippen molar-refractivity contribution in [3.63, 3.8) is 0 Å². The Bertz CT molecular complexity index is 2650. The van der Waals surface area contributed by atoms with Gasteiger partial charge in [0.25, 0.3) is 5.82 Å². The lowest BCUT2D eigenvalue weighted by Gasteiger charge is -2.48. The quantitative estimate of drug-likeness (QED) is 0.0970. The Balaban J connectivity index is 1.22. The molecule has 0 N–H and O–H groups in total. The Labute approximate surface area is 365 Å². The van der Waals surface area contributed by atoms with Crippen LogP contribution in [0.1, 0.15) is 159 Å². The molecule has 0 saturated carbocycles. The van der Waals surface area contributed by atoms with Crippen molar-refractivity contribution in [2.75, 3.05) is 0 Å². The highest BCUT2D eigenvalue weighted by Crippen LogP contribution is 2.55. The number of nitrogens with zero attached hydrogens (tertiary/aromatic N) is 3. The average molecular weight is 816 g/mol. The van der Waals surface area contributed by atoms with E-state index in [1.165, 1.54) is 94.7 Å². The first-order chi connectivity index (χ1) is 28.9. The van der Waals surface area contributed by atoms with Crippen LogP contribution in [-0.2, 0) is 30.8 Å². The van der Waals surface area contributed by atoms with E-state index in [1.54, 1.807) is 0 Å². The van der Waals surface area contributed by atoms with Crippen molar-refractivity contribution in [3.8, 4) is 28.3 Å². The molecular weight excluding hydrogens is 747 g/mol. The fourth-order valence-electron chi connectivity index (χ4n) is 11.0. The van der Waals surface area contributed by atoms with Crippen molar-refractivity contribution >= 4 is 31.5 Å². The van der Waals surface area contributed by atoms with E-state index in [-0.39, 0.29) is 11.0 Å². The SMILES string of the molecule is CCCCc1ccc2c(c1)sc1c3c(ccc12)C(C)(CC)C(CC)(CCCc1ccccc1-c1n(-c2c(C(C)C)cccc2C(C)C)cc[n+]1C)[n+]1ccc(C(C)C)cc1-3. The van der Waals surface area contributed by atoms with Crippen LogP contribution in [0.4, 0.5) is 0 Å². The second kappa shape index (κ2) is 16.7. The zero-order valence-electron chi connectivity index (χ0n) is 38.5. The fraction of sp³-hybridized carbons (Fsp3) is 0.429. The minimum atomic E-state index is -0.0839. The third kappa shape index (κ3) is 6.86. The van der Waals surface area contributed by atoms with Crippen molar-refractivity contribution in [1.82, 2.24) is 4.57 Å². The molecule has 8 rings (SSSR count). The van der Waals surface area contributed by atoms with Gasteiger partial charge in [-0.25, -0.2) is 4.57 Å². The number of fused-ring (bicyclic) bond motifs is 7. The molecular formula is C56H69N3S+2. The summed E-state index contributed by atoms with van der Waals surface area (Å²) < 4.78 is 10.5. The van der Waals surface area contributed by atoms with Gasteiger partial charge in [0.15, 0.2) is 11.7 Å². The molecule has 0 amide bonds. The predicted molar refractivity (Wildman–Crippen MR) is 257 cm³/mol. The maximum atomic E-state index is 2.77. The molecule has 0 bridgehead atoms. The van der Waals surface area contributed by atoms with Crippen molar-refractivity contribution < 1.29 is 9.13 Å². The Morgan fingerprint density at radius 2 is 1.45 bits per heavy atom. The van der Waals surface area contributed by atoms with E-state index in [2.05, 4.69) is 194 Å². The summed E-state index contributed by atoms with van der Waals surface area (Å²) >= 11 is 2.02. The molecule has 0 aliphatic carbocycles. The average Bonchev–Trinajstić information content (AvgIpc) is 3.82. The zero-order valence-corrected chi connectivity index (χ0v) is 39.3. The van der Waals surface area contributed by atoms with E-state index in [1.807, 2.05) is 11.3 Å². The summed E-state index contributed by atoms with van der Waals surface area (Å²) in [5.41, 5.74) is 14.1. The summed E-state index contributed by atoms with van der Waals surface area (Å²) in [6, 6.07) is 33.4. The molecule has 4 heteroatoms. The van der Waals surface area contributed by atoms with Gasteiger partial charge in [-0.05, 0) is 91.2 Å². The minimum absolute atomic E-state index is 0.0563. The van der Waals surface area contributed by atoms with Crippen LogP contribution in [0.15, 0.2) is 104 Å². The van der Waals surface area contributed by atoms with Gasteiger partial charge in [0.05, 0.1) is 23.6 Å². The van der Waals surface area contributed by atoms with Gasteiger partial charge in [-0.1, -0.05) is 129 Å². The van der Waals surface area contributed by atoms with Gasteiger partial charge in [-0.3, -0.25) is 0 Å². The summed E-state index contributed by atoms with van der Waals surface area (Å²) in [4.78, 5) is 0. The summed E-state index contributed by atoms with van der Waals surface area (Å²) in [5, 5.41) is 2.81. The Morgan fingerprint density at radius 3 is 2.13 bits per heavy atom. The van der Waals surface area contributed by atoms with E-state index in [4.69, 9.17) is 0 Å². The van der Waals surface area contributed by atoms with Gasteiger partial charge in [-0.2, -0.15) is 9.13 Å². The van der Waals surface area contributed by atoms with E-state index in [9.17, 15) is 0 Å². The zero-order chi connectivity index (χ0) is 42.5. The lowest BCUT2D eigenvalue weighted by Crippen LogP contribution is -2.69. The molecule has 0 spiro atoms. The van der Waals surface area contributed by atoms with Crippen molar-refractivity contribution in [2.45, 2.75) is 149 Å². The normalized spacial score (nSPS) is 17.7. The molecule has 1 aliphatic heterocycles. The van der Waals surface area contributed by atoms with E-state index in [0.29, 0.717) is 17.8 Å². The summed E-state index contributed by atoms with van der Waals surface area (Å²) in [5.74, 6) is 2.55. The third-order valence-corrected chi connectivity index (χ3v) is 15.9. The largest absolute Gasteiger partial charge is 0.294 e. The number of hydrogen-bond donors (Lipinski definition) is 0. The van der Waals surface area contributed by atoms with Crippen LogP contribution in [-0.4, -0.2) is 4.57 Å². The molecule has 0 radical (unpaired) electrons. The Kier molecular flexibility index (Phi) is 11.8. The maximum Gasteiger partial charge on any atom is 0.294 e. The van der Waals surface area contributed by atoms with Crippen LogP contribution in [0.25, 0.3) is 48.5 Å². The van der Waals surface area contributed by atoms with Gasteiger partial charge >= 0.3 is 0 Å². The minimum Gasteiger partial charge on any atom is -0.232 e. The number of hydrogen-bond acceptors (Lipinski definition) is 1. The van der Waals surface area contributed by atoms with Crippen LogP contribution in [0.2, 0.25) is 0 Å². The van der Waals surface area contributed by atoms with Crippen LogP contribution in [0, 0.1) is 0 Å². The van der Waals surface area contributed by atoms with Crippen molar-refractivity contribution in [1.29, 1.82) is 0 Å². The maximum absolute atomic E-state index is 2.77. The topological polar surface area (TPSA) is 12.7 Å². The van der Waals surface area contributed by atoms with E-state index < -0.39 is 0 Å². The molecule has 4 heterocycles. The Morgan fingerprint density at radius 1 is 0.717 bits per heavy atom. The molecule has 7 aromatic rings. The van der Waals surface area contributed by atoms with E-state index >= 15 is 0 Å². The summed E-state index contributed by atoms with van der Waals surface area (Å²) in [7, 11) is 2.21. The summed E-state index contributed by atoms with van der Waals surface area (Å²) in [6.07, 6.45) is 16.0. The highest BCUT2D eigenvalue weighted by Gasteiger charge is 2.59. The number of rotatable bonds is 14. The molecule has 2 unspecified atom stereocenters. The molecule has 312 valence electrons. The highest BCUT2D eigenvalue weighted by atomic mass is 32.1. The van der Waals surface area contributed by atoms with Crippen LogP contribution < -0.4 is 9.13 Å². The molecule has 60 heavy (non-hydrogen) atoms. The van der Waals surface area contributed by atoms with Gasteiger partial charge in [-0.15, -0.1) is 11.3 Å². The van der Waals surface area contributed by atoms with Crippen LogP contribution in [0.3, 0.4) is 0 Å². The van der Waals surface area contributed by atoms with Crippen molar-refractivity contribution in [3.05, 3.63) is 137 Å². The lowest BCUT2D eigenvalue weighted by atomic mass is 9.58. The molecule has 3 nitrogen and oxygen atoms in total. The molecule has 0 fully saturated rings. The van der Waals surface area contributed by atoms with Crippen LogP contribution >= 0.6 is 11.3 Å². The number of aromatic nitrogens is 3. The number of unbranched alkanes of at least 4 members (excludes halogenated alkanes) is 1. The number of benzene rings is 4. The predicted octanol–water partition coefficient (Wildman–Crippen LogP) is 14.8. The molecule has 2 atom stereocenters. The smallest absolute Gasteiger partial charge is 0.232 e. The van der Waals surface area contributed by atoms with Gasteiger partial charge in [0.1, 0.15) is 18.1 Å². The second-order valence-electron chi connectivity index (χ2n) is 19.0. The van der Waals surface area contributed by atoms with Crippen LogP contribution in [0.5, 0.6) is 0 Å². The lowest BCUT2D eigenvalue weighted by molar-refractivity contribution is -0.770. The Hall–Kier alpha value is -4.54. The monoisotopic (exact) mass is 816 g/mol. The standard InChI is InChI=1S/C56H69N3S/c1-12-15-20-40-26-27-46-47-28-29-48-51(53(47)60-50(46)35-40)49-36-42(37(4)5)30-32-59(49)56(14-3,55(48,10)13-2)31-19-22-41-21-16-17-23-45(41)54-57(11)33-34-58(54)52-43(38(6)7)24-18-25-44(52)39(8)9/h16-18,21,23-30,32-39H,12-15,19-20,22,31H2,1-11H3/q+2. The van der Waals surface area contributed by atoms with Gasteiger partial charge in [0, 0.05) is 56.3 Å². The second-order valence-corrected chi connectivity index (χ2v) is 20.1. The molecule has 4 aromatic carbocycles. The van der Waals surface area contributed by atoms with Gasteiger partial charge < -0.3 is 0 Å². The number of para-hydroxylation sites is 1. The molecule has 3 aromatic heterocycles. The number of aryl methyl sites for hydroxylation is 3. The first-order valence-electron chi connectivity index (χ1n) is 23.2.